The first-order valence-corrected chi connectivity index (χ1v) is 8.16. The second-order valence-electron chi connectivity index (χ2n) is 5.61. The number of piperazine rings is 1. The van der Waals surface area contributed by atoms with E-state index >= 15 is 0 Å². The number of hydrogen-bond acceptors (Lipinski definition) is 3. The normalized spacial score (nSPS) is 21.7. The van der Waals surface area contributed by atoms with Crippen LogP contribution in [0, 0.1) is 0 Å². The topological polar surface area (TPSA) is 44.8 Å². The van der Waals surface area contributed by atoms with Gasteiger partial charge >= 0.3 is 0 Å². The number of benzene rings is 1. The summed E-state index contributed by atoms with van der Waals surface area (Å²) >= 11 is 5.45. The van der Waals surface area contributed by atoms with Gasteiger partial charge in [-0.15, -0.1) is 0 Å². The third kappa shape index (κ3) is 3.56. The summed E-state index contributed by atoms with van der Waals surface area (Å²) in [4.78, 5) is 16.3. The Morgan fingerprint density at radius 2 is 1.82 bits per heavy atom. The molecule has 0 spiro atoms. The summed E-state index contributed by atoms with van der Waals surface area (Å²) < 4.78 is 5.48. The molecule has 0 radical (unpaired) electrons. The van der Waals surface area contributed by atoms with Gasteiger partial charge in [0, 0.05) is 38.5 Å². The van der Waals surface area contributed by atoms with Crippen LogP contribution in [0.2, 0.25) is 0 Å². The molecule has 0 saturated carbocycles. The molecule has 1 N–H and O–H groups in total. The second kappa shape index (κ2) is 7.07. The summed E-state index contributed by atoms with van der Waals surface area (Å²) in [5, 5.41) is 3.96. The van der Waals surface area contributed by atoms with Crippen LogP contribution in [0.25, 0.3) is 0 Å². The van der Waals surface area contributed by atoms with Gasteiger partial charge in [0.2, 0.25) is 0 Å². The van der Waals surface area contributed by atoms with Crippen molar-refractivity contribution in [1.29, 1.82) is 0 Å². The fraction of sp³-hybridized carbons (Fsp3) is 0.500. The fourth-order valence-corrected chi connectivity index (χ4v) is 3.13. The summed E-state index contributed by atoms with van der Waals surface area (Å²) in [6.07, 6.45) is 1.62. The highest BCUT2D eigenvalue weighted by molar-refractivity contribution is 7.80. The molecule has 1 aromatic carbocycles. The van der Waals surface area contributed by atoms with Crippen LogP contribution in [0.4, 0.5) is 5.69 Å². The lowest BCUT2D eigenvalue weighted by atomic mass is 10.2. The summed E-state index contributed by atoms with van der Waals surface area (Å²) in [6, 6.07) is 9.91. The van der Waals surface area contributed by atoms with E-state index < -0.39 is 0 Å². The van der Waals surface area contributed by atoms with Crippen molar-refractivity contribution in [3.05, 3.63) is 30.3 Å². The number of ether oxygens (including phenoxy) is 1. The summed E-state index contributed by atoms with van der Waals surface area (Å²) in [5.41, 5.74) is 0.991. The van der Waals surface area contributed by atoms with E-state index in [0.29, 0.717) is 19.7 Å². The highest BCUT2D eigenvalue weighted by atomic mass is 32.1. The first-order valence-electron chi connectivity index (χ1n) is 7.75. The van der Waals surface area contributed by atoms with Crippen LogP contribution in [0.3, 0.4) is 0 Å². The van der Waals surface area contributed by atoms with Gasteiger partial charge in [0.1, 0.15) is 6.10 Å². The summed E-state index contributed by atoms with van der Waals surface area (Å²) in [7, 11) is 0. The molecule has 0 bridgehead atoms. The molecule has 1 atom stereocenters. The first-order chi connectivity index (χ1) is 10.7. The lowest BCUT2D eigenvalue weighted by molar-refractivity contribution is -0.142. The van der Waals surface area contributed by atoms with Gasteiger partial charge in [0.15, 0.2) is 5.11 Å². The molecule has 0 aromatic heterocycles. The average Bonchev–Trinajstić information content (AvgIpc) is 3.10. The van der Waals surface area contributed by atoms with Crippen molar-refractivity contribution in [2.45, 2.75) is 18.9 Å². The lowest BCUT2D eigenvalue weighted by Crippen LogP contribution is -2.53. The van der Waals surface area contributed by atoms with Crippen molar-refractivity contribution >= 4 is 28.9 Å². The Morgan fingerprint density at radius 3 is 2.45 bits per heavy atom. The van der Waals surface area contributed by atoms with Crippen LogP contribution in [-0.2, 0) is 9.53 Å². The molecule has 0 unspecified atom stereocenters. The molecule has 118 valence electrons. The van der Waals surface area contributed by atoms with Crippen LogP contribution in [0.1, 0.15) is 12.8 Å². The van der Waals surface area contributed by atoms with Crippen LogP contribution in [0.15, 0.2) is 30.3 Å². The van der Waals surface area contributed by atoms with Crippen molar-refractivity contribution in [3.63, 3.8) is 0 Å². The zero-order valence-corrected chi connectivity index (χ0v) is 13.3. The number of carbonyl (C=O) groups excluding carboxylic acids is 1. The van der Waals surface area contributed by atoms with Crippen molar-refractivity contribution in [2.24, 2.45) is 0 Å². The van der Waals surface area contributed by atoms with Gasteiger partial charge in [-0.2, -0.15) is 0 Å². The van der Waals surface area contributed by atoms with E-state index in [1.807, 2.05) is 35.2 Å². The maximum absolute atomic E-state index is 12.3. The minimum Gasteiger partial charge on any atom is -0.368 e. The lowest BCUT2D eigenvalue weighted by Gasteiger charge is -2.37. The zero-order valence-electron chi connectivity index (χ0n) is 12.5. The Hall–Kier alpha value is -1.66. The van der Waals surface area contributed by atoms with E-state index in [2.05, 4.69) is 10.2 Å². The molecule has 6 heteroatoms. The zero-order chi connectivity index (χ0) is 15.4. The second-order valence-corrected chi connectivity index (χ2v) is 6.00. The quantitative estimate of drug-likeness (QED) is 0.841. The number of nitrogens with zero attached hydrogens (tertiary/aromatic N) is 2. The van der Waals surface area contributed by atoms with Crippen LogP contribution < -0.4 is 5.32 Å². The van der Waals surface area contributed by atoms with E-state index in [9.17, 15) is 4.79 Å². The highest BCUT2D eigenvalue weighted by Gasteiger charge is 2.30. The van der Waals surface area contributed by atoms with Gasteiger partial charge < -0.3 is 19.9 Å². The number of anilines is 1. The summed E-state index contributed by atoms with van der Waals surface area (Å²) in [5.74, 6) is 0.138. The molecule has 1 amide bonds. The Kier molecular flexibility index (Phi) is 4.90. The number of carbonyl (C=O) groups is 1. The van der Waals surface area contributed by atoms with Gasteiger partial charge in [0.05, 0.1) is 0 Å². The first kappa shape index (κ1) is 15.2. The molecule has 0 aliphatic carbocycles. The fourth-order valence-electron chi connectivity index (χ4n) is 2.83. The van der Waals surface area contributed by atoms with Gasteiger partial charge in [-0.05, 0) is 37.2 Å². The molecule has 3 rings (SSSR count). The molecule has 22 heavy (non-hydrogen) atoms. The SMILES string of the molecule is O=C([C@@H]1CCCO1)N1CCN(C(=S)Nc2ccccc2)CC1. The maximum Gasteiger partial charge on any atom is 0.251 e. The van der Waals surface area contributed by atoms with Gasteiger partial charge in [-0.25, -0.2) is 0 Å². The van der Waals surface area contributed by atoms with Crippen molar-refractivity contribution in [1.82, 2.24) is 9.80 Å². The molecule has 2 fully saturated rings. The van der Waals surface area contributed by atoms with Crippen LogP contribution in [-0.4, -0.2) is 59.7 Å². The molecule has 2 aliphatic rings. The smallest absolute Gasteiger partial charge is 0.251 e. The van der Waals surface area contributed by atoms with E-state index in [1.165, 1.54) is 0 Å². The molecule has 2 aliphatic heterocycles. The Morgan fingerprint density at radius 1 is 1.14 bits per heavy atom. The maximum atomic E-state index is 12.3. The number of amides is 1. The number of rotatable bonds is 2. The van der Waals surface area contributed by atoms with E-state index in [0.717, 1.165) is 36.7 Å². The monoisotopic (exact) mass is 319 g/mol. The largest absolute Gasteiger partial charge is 0.368 e. The van der Waals surface area contributed by atoms with Crippen molar-refractivity contribution < 1.29 is 9.53 Å². The van der Waals surface area contributed by atoms with Crippen molar-refractivity contribution in [2.75, 3.05) is 38.1 Å². The minimum absolute atomic E-state index is 0.138. The molecule has 5 nitrogen and oxygen atoms in total. The van der Waals surface area contributed by atoms with Crippen LogP contribution >= 0.6 is 12.2 Å². The van der Waals surface area contributed by atoms with Gasteiger partial charge in [-0.1, -0.05) is 18.2 Å². The molecule has 2 saturated heterocycles. The highest BCUT2D eigenvalue weighted by Crippen LogP contribution is 2.16. The third-order valence-electron chi connectivity index (χ3n) is 4.11. The Bertz CT molecular complexity index is 523. The standard InChI is InChI=1S/C16H21N3O2S/c20-15(14-7-4-12-21-14)18-8-10-19(11-9-18)16(22)17-13-5-2-1-3-6-13/h1-3,5-6,14H,4,7-12H2,(H,17,22)/t14-/m0/s1. The summed E-state index contributed by atoms with van der Waals surface area (Å²) in [6.45, 7) is 3.64. The molecule has 2 heterocycles. The van der Waals surface area contributed by atoms with Crippen molar-refractivity contribution in [3.8, 4) is 0 Å². The van der Waals surface area contributed by atoms with E-state index in [4.69, 9.17) is 17.0 Å². The number of thiocarbonyl (C=S) groups is 1. The number of hydrogen-bond donors (Lipinski definition) is 1. The average molecular weight is 319 g/mol. The predicted octanol–water partition coefficient (Wildman–Crippen LogP) is 1.71. The number of nitrogens with one attached hydrogen (secondary N) is 1. The molecule has 1 aromatic rings. The third-order valence-corrected chi connectivity index (χ3v) is 4.47. The van der Waals surface area contributed by atoms with Crippen LogP contribution in [0.5, 0.6) is 0 Å². The van der Waals surface area contributed by atoms with E-state index in [-0.39, 0.29) is 12.0 Å². The number of para-hydroxylation sites is 1. The molecular weight excluding hydrogens is 298 g/mol. The predicted molar refractivity (Wildman–Crippen MR) is 89.8 cm³/mol. The minimum atomic E-state index is -0.221. The molecular formula is C16H21N3O2S. The Balaban J connectivity index is 1.48. The van der Waals surface area contributed by atoms with Gasteiger partial charge in [-0.3, -0.25) is 4.79 Å². The van der Waals surface area contributed by atoms with E-state index in [1.54, 1.807) is 0 Å². The van der Waals surface area contributed by atoms with Gasteiger partial charge in [0.25, 0.3) is 5.91 Å². The Labute approximate surface area is 136 Å².